The van der Waals surface area contributed by atoms with E-state index in [0.717, 1.165) is 18.2 Å². The molecular weight excluding hydrogens is 257 g/mol. The molecule has 0 spiro atoms. The van der Waals surface area contributed by atoms with E-state index in [1.807, 2.05) is 0 Å². The minimum atomic E-state index is -4.50. The van der Waals surface area contributed by atoms with Gasteiger partial charge in [-0.15, -0.1) is 0 Å². The number of primary amides is 1. The summed E-state index contributed by atoms with van der Waals surface area (Å²) < 4.78 is 36.4. The molecule has 0 saturated carbocycles. The van der Waals surface area contributed by atoms with Crippen molar-refractivity contribution in [3.05, 3.63) is 34.2 Å². The number of carbonyl (C=O) groups excluding carboxylic acids is 1. The first kappa shape index (κ1) is 13.2. The summed E-state index contributed by atoms with van der Waals surface area (Å²) in [6.45, 7) is 0. The van der Waals surface area contributed by atoms with Crippen molar-refractivity contribution in [1.82, 2.24) is 0 Å². The van der Waals surface area contributed by atoms with Crippen LogP contribution >= 0.6 is 11.8 Å². The lowest BCUT2D eigenvalue weighted by atomic mass is 10.2. The number of halogens is 3. The third kappa shape index (κ3) is 4.25. The van der Waals surface area contributed by atoms with Gasteiger partial charge in [0.15, 0.2) is 0 Å². The molecule has 1 rings (SSSR count). The van der Waals surface area contributed by atoms with Crippen LogP contribution in [0.4, 0.5) is 18.9 Å². The standard InChI is InChI=1S/C8H5F3N4OS/c9-8(10,11)17-6-2-4(7(12)16)1-5(3-6)14-15-13/h1-3H,(H2,12,16). The molecule has 9 heteroatoms. The zero-order chi connectivity index (χ0) is 13.1. The van der Waals surface area contributed by atoms with Gasteiger partial charge >= 0.3 is 5.51 Å². The highest BCUT2D eigenvalue weighted by Crippen LogP contribution is 2.38. The van der Waals surface area contributed by atoms with Gasteiger partial charge in [-0.1, -0.05) is 5.11 Å². The second kappa shape index (κ2) is 4.98. The molecule has 2 N–H and O–H groups in total. The summed E-state index contributed by atoms with van der Waals surface area (Å²) >= 11 is -0.419. The molecular formula is C8H5F3N4OS. The highest BCUT2D eigenvalue weighted by molar-refractivity contribution is 8.00. The maximum atomic E-state index is 12.1. The van der Waals surface area contributed by atoms with Gasteiger partial charge in [-0.2, -0.15) is 13.2 Å². The Labute approximate surface area is 97.4 Å². The van der Waals surface area contributed by atoms with Gasteiger partial charge in [0, 0.05) is 21.1 Å². The minimum absolute atomic E-state index is 0.101. The molecule has 0 fully saturated rings. The number of hydrogen-bond acceptors (Lipinski definition) is 3. The van der Waals surface area contributed by atoms with Crippen LogP contribution in [0.25, 0.3) is 10.4 Å². The van der Waals surface area contributed by atoms with Crippen molar-refractivity contribution in [3.63, 3.8) is 0 Å². The first-order valence-corrected chi connectivity index (χ1v) is 4.89. The highest BCUT2D eigenvalue weighted by Gasteiger charge is 2.29. The zero-order valence-electron chi connectivity index (χ0n) is 8.10. The van der Waals surface area contributed by atoms with Crippen molar-refractivity contribution < 1.29 is 18.0 Å². The summed E-state index contributed by atoms with van der Waals surface area (Å²) in [6.07, 6.45) is 0. The van der Waals surface area contributed by atoms with Crippen LogP contribution in [-0.4, -0.2) is 11.4 Å². The fourth-order valence-electron chi connectivity index (χ4n) is 1.03. The predicted octanol–water partition coefficient (Wildman–Crippen LogP) is 3.34. The van der Waals surface area contributed by atoms with E-state index in [2.05, 4.69) is 10.0 Å². The Bertz CT molecular complexity index is 476. The first-order chi connectivity index (χ1) is 7.81. The molecule has 1 aromatic carbocycles. The summed E-state index contributed by atoms with van der Waals surface area (Å²) in [5.41, 5.74) is 8.38. The predicted molar refractivity (Wildman–Crippen MR) is 55.7 cm³/mol. The molecule has 0 bridgehead atoms. The third-order valence-electron chi connectivity index (χ3n) is 1.57. The zero-order valence-corrected chi connectivity index (χ0v) is 8.92. The summed E-state index contributed by atoms with van der Waals surface area (Å²) in [6, 6.07) is 3.11. The molecule has 0 aromatic heterocycles. The van der Waals surface area contributed by atoms with Crippen molar-refractivity contribution in [1.29, 1.82) is 0 Å². The second-order valence-corrected chi connectivity index (χ2v) is 3.96. The summed E-state index contributed by atoms with van der Waals surface area (Å²) in [5.74, 6) is -0.899. The Kier molecular flexibility index (Phi) is 3.87. The maximum absolute atomic E-state index is 12.1. The number of hydrogen-bond donors (Lipinski definition) is 1. The molecule has 0 atom stereocenters. The number of nitrogens with zero attached hydrogens (tertiary/aromatic N) is 3. The smallest absolute Gasteiger partial charge is 0.366 e. The van der Waals surface area contributed by atoms with E-state index < -0.39 is 23.2 Å². The Morgan fingerprint density at radius 2 is 2.06 bits per heavy atom. The number of rotatable bonds is 3. The fraction of sp³-hybridized carbons (Fsp3) is 0.125. The average Bonchev–Trinajstić information content (AvgIpc) is 2.14. The van der Waals surface area contributed by atoms with E-state index in [9.17, 15) is 18.0 Å². The Morgan fingerprint density at radius 1 is 1.41 bits per heavy atom. The molecule has 0 heterocycles. The van der Waals surface area contributed by atoms with Gasteiger partial charge in [0.05, 0.1) is 0 Å². The molecule has 0 radical (unpaired) electrons. The van der Waals surface area contributed by atoms with Gasteiger partial charge in [0.25, 0.3) is 0 Å². The summed E-state index contributed by atoms with van der Waals surface area (Å²) in [5, 5.41) is 3.13. The number of nitrogens with two attached hydrogens (primary N) is 1. The van der Waals surface area contributed by atoms with Gasteiger partial charge in [-0.25, -0.2) is 0 Å². The third-order valence-corrected chi connectivity index (χ3v) is 2.27. The van der Waals surface area contributed by atoms with Crippen LogP contribution in [0.5, 0.6) is 0 Å². The topological polar surface area (TPSA) is 91.8 Å². The number of amides is 1. The number of benzene rings is 1. The van der Waals surface area contributed by atoms with Gasteiger partial charge in [0.2, 0.25) is 5.91 Å². The molecule has 17 heavy (non-hydrogen) atoms. The van der Waals surface area contributed by atoms with Crippen LogP contribution in [0, 0.1) is 0 Å². The van der Waals surface area contributed by atoms with Crippen molar-refractivity contribution in [2.75, 3.05) is 0 Å². The van der Waals surface area contributed by atoms with E-state index in [1.165, 1.54) is 0 Å². The number of alkyl halides is 3. The molecule has 0 aliphatic carbocycles. The van der Waals surface area contributed by atoms with Crippen molar-refractivity contribution in [2.24, 2.45) is 10.8 Å². The van der Waals surface area contributed by atoms with Crippen LogP contribution in [0.15, 0.2) is 28.2 Å². The van der Waals surface area contributed by atoms with E-state index in [-0.39, 0.29) is 16.1 Å². The van der Waals surface area contributed by atoms with Crippen LogP contribution in [0.3, 0.4) is 0 Å². The summed E-state index contributed by atoms with van der Waals surface area (Å²) in [4.78, 5) is 13.0. The molecule has 90 valence electrons. The van der Waals surface area contributed by atoms with Crippen LogP contribution < -0.4 is 5.73 Å². The number of azide groups is 1. The van der Waals surface area contributed by atoms with Gasteiger partial charge in [0.1, 0.15) is 0 Å². The molecule has 1 amide bonds. The van der Waals surface area contributed by atoms with E-state index in [1.54, 1.807) is 0 Å². The lowest BCUT2D eigenvalue weighted by Gasteiger charge is -2.07. The Morgan fingerprint density at radius 3 is 2.53 bits per heavy atom. The van der Waals surface area contributed by atoms with Crippen molar-refractivity contribution in [3.8, 4) is 0 Å². The molecule has 0 unspecified atom stereocenters. The molecule has 0 aliphatic heterocycles. The van der Waals surface area contributed by atoms with E-state index >= 15 is 0 Å². The fourth-order valence-corrected chi connectivity index (χ4v) is 1.66. The maximum Gasteiger partial charge on any atom is 0.446 e. The van der Waals surface area contributed by atoms with Crippen LogP contribution in [-0.2, 0) is 0 Å². The average molecular weight is 262 g/mol. The molecule has 0 saturated heterocycles. The number of carbonyl (C=O) groups is 1. The van der Waals surface area contributed by atoms with Gasteiger partial charge < -0.3 is 5.73 Å². The van der Waals surface area contributed by atoms with Crippen molar-refractivity contribution >= 4 is 23.4 Å². The highest BCUT2D eigenvalue weighted by atomic mass is 32.2. The number of thioether (sulfide) groups is 1. The quantitative estimate of drug-likeness (QED) is 0.391. The lowest BCUT2D eigenvalue weighted by Crippen LogP contribution is -2.11. The summed E-state index contributed by atoms with van der Waals surface area (Å²) in [7, 11) is 0. The van der Waals surface area contributed by atoms with E-state index in [4.69, 9.17) is 11.3 Å². The first-order valence-electron chi connectivity index (χ1n) is 4.07. The van der Waals surface area contributed by atoms with Crippen LogP contribution in [0.2, 0.25) is 0 Å². The van der Waals surface area contributed by atoms with E-state index in [0.29, 0.717) is 0 Å². The van der Waals surface area contributed by atoms with Gasteiger partial charge in [-0.05, 0) is 35.5 Å². The van der Waals surface area contributed by atoms with Gasteiger partial charge in [-0.3, -0.25) is 4.79 Å². The minimum Gasteiger partial charge on any atom is -0.366 e. The normalized spacial score (nSPS) is 10.8. The lowest BCUT2D eigenvalue weighted by molar-refractivity contribution is -0.0328. The second-order valence-electron chi connectivity index (χ2n) is 2.82. The molecule has 1 aromatic rings. The Balaban J connectivity index is 3.21. The van der Waals surface area contributed by atoms with Crippen LogP contribution in [0.1, 0.15) is 10.4 Å². The monoisotopic (exact) mass is 262 g/mol. The molecule has 5 nitrogen and oxygen atoms in total. The molecule has 0 aliphatic rings. The SMILES string of the molecule is [N-]=[N+]=Nc1cc(SC(F)(F)F)cc(C(N)=O)c1. The largest absolute Gasteiger partial charge is 0.446 e. The Hall–Kier alpha value is -1.86. The van der Waals surface area contributed by atoms with Crippen molar-refractivity contribution in [2.45, 2.75) is 10.4 Å².